The average Bonchev–Trinajstić information content (AvgIpc) is 2.88. The van der Waals surface area contributed by atoms with Gasteiger partial charge >= 0.3 is 0 Å². The summed E-state index contributed by atoms with van der Waals surface area (Å²) in [4.78, 5) is 4.28. The summed E-state index contributed by atoms with van der Waals surface area (Å²) in [6.07, 6.45) is 8.67. The highest BCUT2D eigenvalue weighted by molar-refractivity contribution is 7.98. The zero-order chi connectivity index (χ0) is 10.7. The van der Waals surface area contributed by atoms with Gasteiger partial charge in [-0.15, -0.1) is 0 Å². The molecule has 15 heavy (non-hydrogen) atoms. The van der Waals surface area contributed by atoms with Gasteiger partial charge in [0.2, 0.25) is 0 Å². The fourth-order valence-corrected chi connectivity index (χ4v) is 2.85. The molecule has 1 saturated heterocycles. The Bertz CT molecular complexity index is 305. The van der Waals surface area contributed by atoms with Crippen LogP contribution in [0.3, 0.4) is 0 Å². The Morgan fingerprint density at radius 1 is 1.73 bits per heavy atom. The quantitative estimate of drug-likeness (QED) is 0.852. The Kier molecular flexibility index (Phi) is 3.70. The monoisotopic (exact) mass is 225 g/mol. The van der Waals surface area contributed by atoms with Crippen LogP contribution in [-0.2, 0) is 0 Å². The number of thioether (sulfide) groups is 1. The van der Waals surface area contributed by atoms with Crippen molar-refractivity contribution in [2.24, 2.45) is 0 Å². The minimum Gasteiger partial charge on any atom is -0.330 e. The van der Waals surface area contributed by atoms with Crippen molar-refractivity contribution < 1.29 is 0 Å². The molecule has 0 bridgehead atoms. The Hall–Kier alpha value is -0.480. The minimum atomic E-state index is 0.525. The van der Waals surface area contributed by atoms with Crippen molar-refractivity contribution in [2.75, 3.05) is 18.6 Å². The molecule has 2 unspecified atom stereocenters. The van der Waals surface area contributed by atoms with Crippen LogP contribution in [0.5, 0.6) is 0 Å². The van der Waals surface area contributed by atoms with Crippen LogP contribution in [0, 0.1) is 0 Å². The Morgan fingerprint density at radius 3 is 3.27 bits per heavy atom. The lowest BCUT2D eigenvalue weighted by molar-refractivity contribution is 0.524. The second-order valence-electron chi connectivity index (χ2n) is 4.18. The molecule has 2 rings (SSSR count). The van der Waals surface area contributed by atoms with E-state index in [9.17, 15) is 0 Å². The highest BCUT2D eigenvalue weighted by atomic mass is 32.2. The number of hydrogen-bond acceptors (Lipinski definition) is 3. The fraction of sp³-hybridized carbons (Fsp3) is 0.727. The predicted octanol–water partition coefficient (Wildman–Crippen LogP) is 2.23. The Labute approximate surface area is 95.7 Å². The summed E-state index contributed by atoms with van der Waals surface area (Å²) in [6.45, 7) is 3.41. The molecule has 0 aliphatic carbocycles. The maximum Gasteiger partial charge on any atom is 0.0951 e. The van der Waals surface area contributed by atoms with E-state index in [1.54, 1.807) is 0 Å². The first-order valence-corrected chi connectivity index (χ1v) is 6.96. The van der Waals surface area contributed by atoms with Gasteiger partial charge in [0, 0.05) is 24.0 Å². The third-order valence-electron chi connectivity index (χ3n) is 3.00. The first-order chi connectivity index (χ1) is 7.33. The molecule has 0 spiro atoms. The molecule has 0 aromatic carbocycles. The van der Waals surface area contributed by atoms with E-state index in [1.807, 2.05) is 24.3 Å². The molecule has 1 N–H and O–H groups in total. The molecule has 84 valence electrons. The lowest BCUT2D eigenvalue weighted by atomic mass is 10.1. The van der Waals surface area contributed by atoms with Gasteiger partial charge in [0.1, 0.15) is 0 Å². The van der Waals surface area contributed by atoms with E-state index in [-0.39, 0.29) is 0 Å². The van der Waals surface area contributed by atoms with Crippen molar-refractivity contribution in [2.45, 2.75) is 31.8 Å². The number of nitrogens with one attached hydrogen (secondary N) is 1. The third-order valence-corrected chi connectivity index (χ3v) is 3.81. The molecule has 0 amide bonds. The maximum absolute atomic E-state index is 4.28. The van der Waals surface area contributed by atoms with Gasteiger partial charge in [-0.3, -0.25) is 0 Å². The first kappa shape index (κ1) is 11.0. The van der Waals surface area contributed by atoms with Crippen molar-refractivity contribution >= 4 is 11.8 Å². The summed E-state index contributed by atoms with van der Waals surface area (Å²) >= 11 is 1.89. The largest absolute Gasteiger partial charge is 0.330 e. The maximum atomic E-state index is 4.28. The van der Waals surface area contributed by atoms with Gasteiger partial charge in [-0.1, -0.05) is 0 Å². The molecule has 1 aromatic rings. The van der Waals surface area contributed by atoms with Crippen molar-refractivity contribution in [3.8, 4) is 0 Å². The molecule has 2 heterocycles. The van der Waals surface area contributed by atoms with Gasteiger partial charge in [-0.25, -0.2) is 4.98 Å². The van der Waals surface area contributed by atoms with Crippen LogP contribution >= 0.6 is 11.8 Å². The third kappa shape index (κ3) is 2.37. The van der Waals surface area contributed by atoms with Gasteiger partial charge in [0.15, 0.2) is 0 Å². The molecule has 0 saturated carbocycles. The normalized spacial score (nSPS) is 23.2. The fourth-order valence-electron chi connectivity index (χ4n) is 2.21. The van der Waals surface area contributed by atoms with Crippen LogP contribution in [0.4, 0.5) is 0 Å². The predicted molar refractivity (Wildman–Crippen MR) is 65.3 cm³/mol. The van der Waals surface area contributed by atoms with E-state index >= 15 is 0 Å². The molecule has 2 atom stereocenters. The summed E-state index contributed by atoms with van der Waals surface area (Å²) in [7, 11) is 0. The van der Waals surface area contributed by atoms with Crippen molar-refractivity contribution in [1.29, 1.82) is 0 Å². The van der Waals surface area contributed by atoms with E-state index < -0.39 is 0 Å². The van der Waals surface area contributed by atoms with Crippen molar-refractivity contribution in [3.05, 3.63) is 18.2 Å². The lowest BCUT2D eigenvalue weighted by Gasteiger charge is -2.19. The summed E-state index contributed by atoms with van der Waals surface area (Å²) in [5, 5.41) is 3.53. The number of hydrogen-bond donors (Lipinski definition) is 1. The zero-order valence-electron chi connectivity index (χ0n) is 9.44. The highest BCUT2D eigenvalue weighted by Gasteiger charge is 2.21. The van der Waals surface area contributed by atoms with Crippen LogP contribution in [-0.4, -0.2) is 28.1 Å². The molecular formula is C11H19N3S. The molecule has 1 aromatic heterocycles. The second-order valence-corrected chi connectivity index (χ2v) is 5.09. The Morgan fingerprint density at radius 2 is 2.60 bits per heavy atom. The molecule has 3 nitrogen and oxygen atoms in total. The van der Waals surface area contributed by atoms with Crippen molar-refractivity contribution in [1.82, 2.24) is 14.9 Å². The van der Waals surface area contributed by atoms with Crippen LogP contribution in [0.15, 0.2) is 12.5 Å². The zero-order valence-corrected chi connectivity index (χ0v) is 10.3. The van der Waals surface area contributed by atoms with E-state index in [0.29, 0.717) is 12.1 Å². The van der Waals surface area contributed by atoms with Crippen LogP contribution in [0.25, 0.3) is 0 Å². The number of nitrogens with zero attached hydrogens (tertiary/aromatic N) is 2. The van der Waals surface area contributed by atoms with Crippen molar-refractivity contribution in [3.63, 3.8) is 0 Å². The van der Waals surface area contributed by atoms with Gasteiger partial charge in [-0.2, -0.15) is 11.8 Å². The van der Waals surface area contributed by atoms with E-state index in [4.69, 9.17) is 0 Å². The van der Waals surface area contributed by atoms with E-state index in [0.717, 1.165) is 12.3 Å². The smallest absolute Gasteiger partial charge is 0.0951 e. The topological polar surface area (TPSA) is 29.9 Å². The summed E-state index contributed by atoms with van der Waals surface area (Å²) in [5.74, 6) is 1.15. The van der Waals surface area contributed by atoms with Crippen LogP contribution in [0.1, 0.15) is 37.5 Å². The van der Waals surface area contributed by atoms with E-state index in [1.165, 1.54) is 18.5 Å². The summed E-state index contributed by atoms with van der Waals surface area (Å²) in [5.41, 5.74) is 1.36. The summed E-state index contributed by atoms with van der Waals surface area (Å²) < 4.78 is 2.32. The number of aromatic nitrogens is 2. The first-order valence-electron chi connectivity index (χ1n) is 5.57. The van der Waals surface area contributed by atoms with Crippen LogP contribution in [0.2, 0.25) is 0 Å². The minimum absolute atomic E-state index is 0.525. The number of imidazole rings is 1. The lowest BCUT2D eigenvalue weighted by Crippen LogP contribution is -2.19. The SMILES string of the molecule is CSCC(C)n1cncc1C1CCCN1. The standard InChI is InChI=1S/C11H19N3S/c1-9(7-15-2)14-8-12-6-11(14)10-4-3-5-13-10/h6,8-10,13H,3-5,7H2,1-2H3. The molecule has 1 aliphatic heterocycles. The summed E-state index contributed by atoms with van der Waals surface area (Å²) in [6, 6.07) is 1.07. The Balaban J connectivity index is 2.13. The highest BCUT2D eigenvalue weighted by Crippen LogP contribution is 2.25. The van der Waals surface area contributed by atoms with Gasteiger partial charge in [0.25, 0.3) is 0 Å². The molecule has 1 fully saturated rings. The average molecular weight is 225 g/mol. The second kappa shape index (κ2) is 5.03. The van der Waals surface area contributed by atoms with Crippen LogP contribution < -0.4 is 5.32 Å². The molecule has 1 aliphatic rings. The molecule has 4 heteroatoms. The van der Waals surface area contributed by atoms with Gasteiger partial charge < -0.3 is 9.88 Å². The number of rotatable bonds is 4. The molecular weight excluding hydrogens is 206 g/mol. The van der Waals surface area contributed by atoms with Gasteiger partial charge in [0.05, 0.1) is 12.0 Å². The molecule has 0 radical (unpaired) electrons. The van der Waals surface area contributed by atoms with E-state index in [2.05, 4.69) is 28.0 Å². The van der Waals surface area contributed by atoms with Gasteiger partial charge in [-0.05, 0) is 32.6 Å².